The van der Waals surface area contributed by atoms with Crippen molar-refractivity contribution < 1.29 is 17.9 Å². The molecule has 3 aromatic rings. The molecule has 0 amide bonds. The van der Waals surface area contributed by atoms with Crippen molar-refractivity contribution in [1.82, 2.24) is 4.98 Å². The first-order valence-electron chi connectivity index (χ1n) is 8.35. The molecule has 5 nitrogen and oxygen atoms in total. The number of rotatable bonds is 6. The van der Waals surface area contributed by atoms with E-state index in [1.54, 1.807) is 48.8 Å². The molecule has 1 atom stereocenters. The van der Waals surface area contributed by atoms with Crippen molar-refractivity contribution in [3.8, 4) is 0 Å². The molecule has 1 heterocycles. The molecule has 0 saturated heterocycles. The summed E-state index contributed by atoms with van der Waals surface area (Å²) >= 11 is 0. The Bertz CT molecular complexity index is 962. The predicted molar refractivity (Wildman–Crippen MR) is 103 cm³/mol. The number of benzene rings is 2. The summed E-state index contributed by atoms with van der Waals surface area (Å²) in [6.45, 7) is 0. The smallest absolute Gasteiger partial charge is 0.339 e. The van der Waals surface area contributed by atoms with Crippen LogP contribution in [0.1, 0.15) is 33.2 Å². The average molecular weight is 381 g/mol. The van der Waals surface area contributed by atoms with Crippen molar-refractivity contribution >= 4 is 15.8 Å². The number of nitrogens with zero attached hydrogens (tertiary/aromatic N) is 1. The van der Waals surface area contributed by atoms with Gasteiger partial charge in [-0.1, -0.05) is 42.5 Å². The molecule has 0 bridgehead atoms. The van der Waals surface area contributed by atoms with Crippen molar-refractivity contribution in [1.29, 1.82) is 0 Å². The number of hydrogen-bond acceptors (Lipinski definition) is 5. The highest BCUT2D eigenvalue weighted by atomic mass is 32.2. The number of aromatic nitrogens is 1. The summed E-state index contributed by atoms with van der Waals surface area (Å²) in [5.41, 5.74) is 2.66. The number of carbonyl (C=O) groups is 1. The Morgan fingerprint density at radius 3 is 2.11 bits per heavy atom. The van der Waals surface area contributed by atoms with Crippen molar-refractivity contribution in [2.24, 2.45) is 0 Å². The van der Waals surface area contributed by atoms with Gasteiger partial charge in [-0.05, 0) is 35.4 Å². The Morgan fingerprint density at radius 1 is 0.926 bits per heavy atom. The zero-order chi connectivity index (χ0) is 19.3. The highest BCUT2D eigenvalue weighted by Crippen LogP contribution is 2.26. The van der Waals surface area contributed by atoms with Crippen LogP contribution in [0.4, 0.5) is 0 Å². The first-order chi connectivity index (χ1) is 12.9. The maximum Gasteiger partial charge on any atom is 0.339 e. The van der Waals surface area contributed by atoms with Gasteiger partial charge in [0.2, 0.25) is 0 Å². The van der Waals surface area contributed by atoms with E-state index in [1.165, 1.54) is 6.26 Å². The summed E-state index contributed by atoms with van der Waals surface area (Å²) in [6, 6.07) is 19.5. The van der Waals surface area contributed by atoms with E-state index in [9.17, 15) is 13.2 Å². The van der Waals surface area contributed by atoms with Crippen LogP contribution in [0.25, 0.3) is 0 Å². The van der Waals surface area contributed by atoms with E-state index in [1.807, 2.05) is 30.3 Å². The van der Waals surface area contributed by atoms with E-state index in [4.69, 9.17) is 4.74 Å². The Kier molecular flexibility index (Phi) is 5.66. The van der Waals surface area contributed by atoms with Crippen LogP contribution in [0.2, 0.25) is 0 Å². The molecule has 1 aromatic heterocycles. The van der Waals surface area contributed by atoms with Crippen LogP contribution in [-0.2, 0) is 20.3 Å². The topological polar surface area (TPSA) is 73.3 Å². The summed E-state index contributed by atoms with van der Waals surface area (Å²) < 4.78 is 28.5. The lowest BCUT2D eigenvalue weighted by molar-refractivity contribution is 0.0378. The van der Waals surface area contributed by atoms with Gasteiger partial charge >= 0.3 is 5.97 Å². The number of sulfone groups is 1. The number of hydrogen-bond donors (Lipinski definition) is 0. The molecule has 138 valence electrons. The molecule has 0 radical (unpaired) electrons. The first kappa shape index (κ1) is 18.8. The highest BCUT2D eigenvalue weighted by molar-refractivity contribution is 7.89. The Hall–Kier alpha value is -2.99. The van der Waals surface area contributed by atoms with Gasteiger partial charge in [0.15, 0.2) is 15.9 Å². The van der Waals surface area contributed by atoms with Crippen LogP contribution in [0.5, 0.6) is 0 Å². The lowest BCUT2D eigenvalue weighted by atomic mass is 10.0. The summed E-state index contributed by atoms with van der Waals surface area (Å²) in [4.78, 5) is 16.7. The van der Waals surface area contributed by atoms with Crippen molar-refractivity contribution in [2.75, 3.05) is 6.26 Å². The summed E-state index contributed by atoms with van der Waals surface area (Å²) in [6.07, 6.45) is 3.92. The maximum absolute atomic E-state index is 12.6. The van der Waals surface area contributed by atoms with Crippen LogP contribution >= 0.6 is 0 Å². The lowest BCUT2D eigenvalue weighted by Crippen LogP contribution is -2.13. The quantitative estimate of drug-likeness (QED) is 0.610. The SMILES string of the molecule is CS(=O)(=O)Cc1ccc(C(=O)OC(c2ccccc2)c2ccncc2)cc1. The molecule has 0 spiro atoms. The summed E-state index contributed by atoms with van der Waals surface area (Å²) in [7, 11) is -3.12. The van der Waals surface area contributed by atoms with E-state index in [2.05, 4.69) is 4.98 Å². The van der Waals surface area contributed by atoms with Gasteiger partial charge in [-0.3, -0.25) is 4.98 Å². The van der Waals surface area contributed by atoms with Crippen molar-refractivity contribution in [3.05, 3.63) is 101 Å². The fraction of sp³-hybridized carbons (Fsp3) is 0.143. The van der Waals surface area contributed by atoms with E-state index >= 15 is 0 Å². The number of esters is 1. The molecule has 1 unspecified atom stereocenters. The molecule has 2 aromatic carbocycles. The van der Waals surface area contributed by atoms with Gasteiger partial charge in [0.1, 0.15) is 0 Å². The predicted octanol–water partition coefficient (Wildman–Crippen LogP) is 3.57. The molecule has 6 heteroatoms. The van der Waals surface area contributed by atoms with Crippen LogP contribution in [0.15, 0.2) is 79.1 Å². The van der Waals surface area contributed by atoms with E-state index in [-0.39, 0.29) is 5.75 Å². The van der Waals surface area contributed by atoms with E-state index in [0.29, 0.717) is 11.1 Å². The second-order valence-electron chi connectivity index (χ2n) is 6.24. The molecule has 27 heavy (non-hydrogen) atoms. The maximum atomic E-state index is 12.6. The standard InChI is InChI=1S/C21H19NO4S/c1-27(24,25)15-16-7-9-19(10-8-16)21(23)26-20(17-5-3-2-4-6-17)18-11-13-22-14-12-18/h2-14,20H,15H2,1H3. The molecular formula is C21H19NO4S. The van der Waals surface area contributed by atoms with Crippen molar-refractivity contribution in [2.45, 2.75) is 11.9 Å². The molecule has 0 aliphatic carbocycles. The Labute approximate surface area is 158 Å². The van der Waals surface area contributed by atoms with Gasteiger partial charge in [-0.25, -0.2) is 13.2 Å². The summed E-state index contributed by atoms with van der Waals surface area (Å²) in [5.74, 6) is -0.544. The number of pyridine rings is 1. The third-order valence-corrected chi connectivity index (χ3v) is 4.81. The monoisotopic (exact) mass is 381 g/mol. The first-order valence-corrected chi connectivity index (χ1v) is 10.4. The van der Waals surface area contributed by atoms with Crippen LogP contribution in [0.3, 0.4) is 0 Å². The third-order valence-electron chi connectivity index (χ3n) is 3.95. The summed E-state index contributed by atoms with van der Waals surface area (Å²) in [5, 5.41) is 0. The number of carbonyl (C=O) groups excluding carboxylic acids is 1. The molecule has 0 N–H and O–H groups in total. The molecule has 0 aliphatic heterocycles. The molecule has 0 saturated carbocycles. The minimum absolute atomic E-state index is 0.0635. The second-order valence-corrected chi connectivity index (χ2v) is 8.38. The van der Waals surface area contributed by atoms with E-state index < -0.39 is 21.9 Å². The van der Waals surface area contributed by atoms with Gasteiger partial charge in [0.05, 0.1) is 11.3 Å². The van der Waals surface area contributed by atoms with Gasteiger partial charge in [0.25, 0.3) is 0 Å². The molecule has 3 rings (SSSR count). The minimum Gasteiger partial charge on any atom is -0.449 e. The fourth-order valence-electron chi connectivity index (χ4n) is 2.71. The Morgan fingerprint density at radius 2 is 1.52 bits per heavy atom. The van der Waals surface area contributed by atoms with Crippen molar-refractivity contribution in [3.63, 3.8) is 0 Å². The van der Waals surface area contributed by atoms with Crippen LogP contribution in [0, 0.1) is 0 Å². The molecule has 0 fully saturated rings. The van der Waals surface area contributed by atoms with Gasteiger partial charge in [-0.15, -0.1) is 0 Å². The number of ether oxygens (including phenoxy) is 1. The zero-order valence-electron chi connectivity index (χ0n) is 14.8. The second kappa shape index (κ2) is 8.14. The average Bonchev–Trinajstić information content (AvgIpc) is 2.66. The van der Waals surface area contributed by atoms with Crippen LogP contribution < -0.4 is 0 Å². The van der Waals surface area contributed by atoms with Gasteiger partial charge in [0, 0.05) is 24.2 Å². The lowest BCUT2D eigenvalue weighted by Gasteiger charge is -2.19. The molecule has 0 aliphatic rings. The Balaban J connectivity index is 1.83. The molecular weight excluding hydrogens is 362 g/mol. The zero-order valence-corrected chi connectivity index (χ0v) is 15.6. The fourth-order valence-corrected chi connectivity index (χ4v) is 3.51. The normalized spacial score (nSPS) is 12.3. The van der Waals surface area contributed by atoms with Gasteiger partial charge in [-0.2, -0.15) is 0 Å². The largest absolute Gasteiger partial charge is 0.449 e. The minimum atomic E-state index is -3.12. The van der Waals surface area contributed by atoms with E-state index in [0.717, 1.165) is 11.1 Å². The van der Waals surface area contributed by atoms with Gasteiger partial charge < -0.3 is 4.74 Å². The van der Waals surface area contributed by atoms with Crippen LogP contribution in [-0.4, -0.2) is 25.6 Å². The third kappa shape index (κ3) is 5.24. The highest BCUT2D eigenvalue weighted by Gasteiger charge is 2.20.